The number of nitrogens with zero attached hydrogens (tertiary/aromatic N) is 2. The molecule has 4 nitrogen and oxygen atoms in total. The molecule has 0 saturated heterocycles. The first kappa shape index (κ1) is 12.0. The van der Waals surface area contributed by atoms with E-state index in [1.807, 2.05) is 0 Å². The Kier molecular flexibility index (Phi) is 4.10. The highest BCUT2D eigenvalue weighted by Gasteiger charge is 2.33. The molecular formula is C8H11F3N2O2. The van der Waals surface area contributed by atoms with Gasteiger partial charge in [-0.1, -0.05) is 0 Å². The number of alkyl halides is 3. The number of aromatic nitrogens is 2. The van der Waals surface area contributed by atoms with Crippen LogP contribution in [0.4, 0.5) is 13.2 Å². The van der Waals surface area contributed by atoms with Crippen molar-refractivity contribution in [3.63, 3.8) is 0 Å². The van der Waals surface area contributed by atoms with Crippen molar-refractivity contribution in [2.45, 2.75) is 12.7 Å². The molecule has 0 aliphatic carbocycles. The molecule has 0 aliphatic heterocycles. The van der Waals surface area contributed by atoms with E-state index in [0.717, 1.165) is 10.7 Å². The van der Waals surface area contributed by atoms with Gasteiger partial charge in [0.05, 0.1) is 26.4 Å². The van der Waals surface area contributed by atoms with Crippen molar-refractivity contribution in [2.24, 2.45) is 0 Å². The van der Waals surface area contributed by atoms with Gasteiger partial charge in [0, 0.05) is 6.20 Å². The average molecular weight is 224 g/mol. The van der Waals surface area contributed by atoms with E-state index in [1.54, 1.807) is 0 Å². The summed E-state index contributed by atoms with van der Waals surface area (Å²) in [6.07, 6.45) is -3.16. The number of hydrogen-bond acceptors (Lipinski definition) is 3. The fraction of sp³-hybridized carbons (Fsp3) is 0.625. The van der Waals surface area contributed by atoms with E-state index < -0.39 is 11.9 Å². The van der Waals surface area contributed by atoms with Crippen LogP contribution in [0.25, 0.3) is 0 Å². The second kappa shape index (κ2) is 5.13. The Balaban J connectivity index is 2.40. The maximum Gasteiger partial charge on any atom is 0.435 e. The van der Waals surface area contributed by atoms with E-state index in [0.29, 0.717) is 0 Å². The standard InChI is InChI=1S/C8H11F3N2O2/c9-8(10,11)7-1-2-13(12-7)3-5-15-6-4-14/h1-2,14H,3-6H2. The molecule has 1 heterocycles. The molecule has 1 rings (SSSR count). The maximum absolute atomic E-state index is 12.1. The summed E-state index contributed by atoms with van der Waals surface area (Å²) < 4.78 is 42.4. The van der Waals surface area contributed by atoms with Crippen molar-refractivity contribution in [1.29, 1.82) is 0 Å². The minimum atomic E-state index is -4.41. The molecule has 0 bridgehead atoms. The van der Waals surface area contributed by atoms with Crippen molar-refractivity contribution in [3.8, 4) is 0 Å². The van der Waals surface area contributed by atoms with Crippen LogP contribution in [0.3, 0.4) is 0 Å². The van der Waals surface area contributed by atoms with E-state index >= 15 is 0 Å². The molecular weight excluding hydrogens is 213 g/mol. The van der Waals surface area contributed by atoms with Crippen molar-refractivity contribution >= 4 is 0 Å². The quantitative estimate of drug-likeness (QED) is 0.756. The second-order valence-electron chi connectivity index (χ2n) is 2.80. The molecule has 0 saturated carbocycles. The second-order valence-corrected chi connectivity index (χ2v) is 2.80. The Hall–Kier alpha value is -1.08. The third-order valence-electron chi connectivity index (χ3n) is 1.63. The predicted octanol–water partition coefficient (Wildman–Crippen LogP) is 0.911. The molecule has 86 valence electrons. The van der Waals surface area contributed by atoms with E-state index in [4.69, 9.17) is 9.84 Å². The van der Waals surface area contributed by atoms with Crippen molar-refractivity contribution in [1.82, 2.24) is 9.78 Å². The highest BCUT2D eigenvalue weighted by molar-refractivity contribution is 5.02. The van der Waals surface area contributed by atoms with Gasteiger partial charge < -0.3 is 9.84 Å². The summed E-state index contributed by atoms with van der Waals surface area (Å²) in [5.74, 6) is 0. The Morgan fingerprint density at radius 1 is 1.40 bits per heavy atom. The Morgan fingerprint density at radius 3 is 2.67 bits per heavy atom. The first-order valence-corrected chi connectivity index (χ1v) is 4.33. The summed E-state index contributed by atoms with van der Waals surface area (Å²) in [4.78, 5) is 0. The fourth-order valence-electron chi connectivity index (χ4n) is 0.962. The number of aliphatic hydroxyl groups is 1. The molecule has 1 aromatic heterocycles. The predicted molar refractivity (Wildman–Crippen MR) is 45.1 cm³/mol. The lowest BCUT2D eigenvalue weighted by Gasteiger charge is -2.03. The lowest BCUT2D eigenvalue weighted by Crippen LogP contribution is -2.11. The van der Waals surface area contributed by atoms with Gasteiger partial charge in [-0.15, -0.1) is 0 Å². The number of rotatable bonds is 5. The van der Waals surface area contributed by atoms with Gasteiger partial charge in [0.1, 0.15) is 0 Å². The Labute approximate surface area is 84.3 Å². The third-order valence-corrected chi connectivity index (χ3v) is 1.63. The minimum absolute atomic E-state index is 0.104. The van der Waals surface area contributed by atoms with Crippen LogP contribution < -0.4 is 0 Å². The van der Waals surface area contributed by atoms with Crippen molar-refractivity contribution in [3.05, 3.63) is 18.0 Å². The van der Waals surface area contributed by atoms with E-state index in [-0.39, 0.29) is 26.4 Å². The van der Waals surface area contributed by atoms with Gasteiger partial charge in [0.15, 0.2) is 5.69 Å². The third kappa shape index (κ3) is 3.88. The zero-order valence-corrected chi connectivity index (χ0v) is 7.87. The van der Waals surface area contributed by atoms with Gasteiger partial charge in [-0.2, -0.15) is 18.3 Å². The zero-order valence-electron chi connectivity index (χ0n) is 7.87. The first-order chi connectivity index (χ1) is 7.04. The minimum Gasteiger partial charge on any atom is -0.394 e. The van der Waals surface area contributed by atoms with Gasteiger partial charge in [0.25, 0.3) is 0 Å². The lowest BCUT2D eigenvalue weighted by molar-refractivity contribution is -0.141. The van der Waals surface area contributed by atoms with Gasteiger partial charge >= 0.3 is 6.18 Å². The molecule has 7 heteroatoms. The first-order valence-electron chi connectivity index (χ1n) is 4.33. The highest BCUT2D eigenvalue weighted by atomic mass is 19.4. The molecule has 15 heavy (non-hydrogen) atoms. The van der Waals surface area contributed by atoms with Crippen molar-refractivity contribution in [2.75, 3.05) is 19.8 Å². The van der Waals surface area contributed by atoms with E-state index in [1.165, 1.54) is 6.20 Å². The fourth-order valence-corrected chi connectivity index (χ4v) is 0.962. The Bertz CT molecular complexity index is 298. The summed E-state index contributed by atoms with van der Waals surface area (Å²) in [6.45, 7) is 0.524. The summed E-state index contributed by atoms with van der Waals surface area (Å²) in [5.41, 5.74) is -0.912. The molecule has 1 aromatic rings. The van der Waals surface area contributed by atoms with Crippen LogP contribution in [0.2, 0.25) is 0 Å². The van der Waals surface area contributed by atoms with Crippen LogP contribution in [-0.2, 0) is 17.5 Å². The molecule has 0 aliphatic rings. The highest BCUT2D eigenvalue weighted by Crippen LogP contribution is 2.27. The average Bonchev–Trinajstić information content (AvgIpc) is 2.60. The van der Waals surface area contributed by atoms with Gasteiger partial charge in [-0.3, -0.25) is 4.68 Å². The zero-order chi connectivity index (χ0) is 11.3. The van der Waals surface area contributed by atoms with Gasteiger partial charge in [0.2, 0.25) is 0 Å². The van der Waals surface area contributed by atoms with Crippen LogP contribution in [0, 0.1) is 0 Å². The van der Waals surface area contributed by atoms with Crippen LogP contribution in [0.1, 0.15) is 5.69 Å². The van der Waals surface area contributed by atoms with Crippen LogP contribution in [0.5, 0.6) is 0 Å². The van der Waals surface area contributed by atoms with E-state index in [9.17, 15) is 13.2 Å². The molecule has 0 aromatic carbocycles. The SMILES string of the molecule is OCCOCCn1ccc(C(F)(F)F)n1. The molecule has 0 amide bonds. The molecule has 0 fully saturated rings. The monoisotopic (exact) mass is 224 g/mol. The largest absolute Gasteiger partial charge is 0.435 e. The molecule has 0 radical (unpaired) electrons. The summed E-state index contributed by atoms with van der Waals surface area (Å²) in [5, 5.41) is 11.7. The number of aliphatic hydroxyl groups excluding tert-OH is 1. The normalized spacial score (nSPS) is 12.0. The summed E-state index contributed by atoms with van der Waals surface area (Å²) in [7, 11) is 0. The molecule has 0 spiro atoms. The number of ether oxygens (including phenoxy) is 1. The van der Waals surface area contributed by atoms with Crippen molar-refractivity contribution < 1.29 is 23.0 Å². The smallest absolute Gasteiger partial charge is 0.394 e. The summed E-state index contributed by atoms with van der Waals surface area (Å²) >= 11 is 0. The molecule has 0 unspecified atom stereocenters. The van der Waals surface area contributed by atoms with Crippen LogP contribution >= 0.6 is 0 Å². The van der Waals surface area contributed by atoms with Crippen LogP contribution in [0.15, 0.2) is 12.3 Å². The van der Waals surface area contributed by atoms with E-state index in [2.05, 4.69) is 5.10 Å². The van der Waals surface area contributed by atoms with Gasteiger partial charge in [-0.05, 0) is 6.07 Å². The summed E-state index contributed by atoms with van der Waals surface area (Å²) in [6, 6.07) is 0.909. The van der Waals surface area contributed by atoms with Crippen LogP contribution in [-0.4, -0.2) is 34.7 Å². The Morgan fingerprint density at radius 2 is 2.13 bits per heavy atom. The topological polar surface area (TPSA) is 47.3 Å². The number of hydrogen-bond donors (Lipinski definition) is 1. The molecule has 1 N–H and O–H groups in total. The van der Waals surface area contributed by atoms with Gasteiger partial charge in [-0.25, -0.2) is 0 Å². The molecule has 0 atom stereocenters. The number of halogens is 3. The maximum atomic E-state index is 12.1. The lowest BCUT2D eigenvalue weighted by atomic mass is 10.4.